The molecule has 0 fully saturated rings. The molecule has 1 aromatic carbocycles. The van der Waals surface area contributed by atoms with Crippen molar-refractivity contribution in [2.75, 3.05) is 7.11 Å². The Morgan fingerprint density at radius 1 is 1.28 bits per heavy atom. The summed E-state index contributed by atoms with van der Waals surface area (Å²) >= 11 is 6.66. The van der Waals surface area contributed by atoms with Gasteiger partial charge in [0, 0.05) is 17.7 Å². The van der Waals surface area contributed by atoms with E-state index in [0.29, 0.717) is 29.2 Å². The largest absolute Gasteiger partial charge is 0.469 e. The van der Waals surface area contributed by atoms with Crippen molar-refractivity contribution in [2.24, 2.45) is 0 Å². The number of ether oxygens (including phenoxy) is 1. The molecule has 1 atom stereocenters. The highest BCUT2D eigenvalue weighted by atomic mass is 35.5. The summed E-state index contributed by atoms with van der Waals surface area (Å²) in [6.07, 6.45) is 3.30. The second-order valence-corrected chi connectivity index (χ2v) is 6.72. The molecule has 0 spiro atoms. The van der Waals surface area contributed by atoms with Crippen molar-refractivity contribution >= 4 is 23.4 Å². The number of hydrogen-bond acceptors (Lipinski definition) is 3. The molecule has 0 aliphatic carbocycles. The summed E-state index contributed by atoms with van der Waals surface area (Å²) in [5, 5.41) is 0.556. The lowest BCUT2D eigenvalue weighted by Crippen LogP contribution is -2.12. The van der Waals surface area contributed by atoms with Gasteiger partial charge in [0.25, 0.3) is 0 Å². The maximum Gasteiger partial charge on any atom is 0.314 e. The molecule has 25 heavy (non-hydrogen) atoms. The molecule has 1 aromatic heterocycles. The number of halogens is 1. The zero-order valence-electron chi connectivity index (χ0n) is 14.5. The van der Waals surface area contributed by atoms with Crippen LogP contribution in [0.3, 0.4) is 0 Å². The van der Waals surface area contributed by atoms with Crippen molar-refractivity contribution in [2.45, 2.75) is 45.1 Å². The number of methoxy groups -OCH3 is 1. The third-order valence-corrected chi connectivity index (χ3v) is 5.25. The molecular weight excluding hydrogens is 338 g/mol. The molecule has 0 bridgehead atoms. The number of ketones is 1. The Morgan fingerprint density at radius 2 is 2.00 bits per heavy atom. The lowest BCUT2D eigenvalue weighted by Gasteiger charge is -2.09. The summed E-state index contributed by atoms with van der Waals surface area (Å²) in [4.78, 5) is 25.3. The van der Waals surface area contributed by atoms with E-state index in [-0.39, 0.29) is 11.8 Å². The Bertz CT molecular complexity index is 795. The number of benzene rings is 1. The number of esters is 1. The lowest BCUT2D eigenvalue weighted by molar-refractivity contribution is -0.142. The van der Waals surface area contributed by atoms with Crippen LogP contribution in [0.4, 0.5) is 0 Å². The van der Waals surface area contributed by atoms with Gasteiger partial charge in [0.05, 0.1) is 23.5 Å². The van der Waals surface area contributed by atoms with Crippen LogP contribution >= 0.6 is 11.6 Å². The number of fused-ring (bicyclic) bond motifs is 1. The highest BCUT2D eigenvalue weighted by molar-refractivity contribution is 6.33. The maximum absolute atomic E-state index is 13.2. The molecule has 0 saturated heterocycles. The maximum atomic E-state index is 13.2. The minimum absolute atomic E-state index is 0.0367. The van der Waals surface area contributed by atoms with Gasteiger partial charge in [-0.05, 0) is 19.3 Å². The minimum Gasteiger partial charge on any atom is -0.469 e. The quantitative estimate of drug-likeness (QED) is 0.568. The van der Waals surface area contributed by atoms with Gasteiger partial charge in [-0.3, -0.25) is 9.59 Å². The predicted molar refractivity (Wildman–Crippen MR) is 97.3 cm³/mol. The van der Waals surface area contributed by atoms with E-state index in [0.717, 1.165) is 30.5 Å². The number of rotatable bonds is 6. The number of nitrogens with zero attached hydrogens (tertiary/aromatic N) is 1. The van der Waals surface area contributed by atoms with Gasteiger partial charge >= 0.3 is 5.97 Å². The predicted octanol–water partition coefficient (Wildman–Crippen LogP) is 4.38. The van der Waals surface area contributed by atoms with Gasteiger partial charge in [0.2, 0.25) is 5.78 Å². The average molecular weight is 360 g/mol. The Hall–Kier alpha value is -2.07. The summed E-state index contributed by atoms with van der Waals surface area (Å²) < 4.78 is 6.86. The van der Waals surface area contributed by atoms with E-state index in [9.17, 15) is 9.59 Å². The zero-order valence-corrected chi connectivity index (χ0v) is 15.3. The van der Waals surface area contributed by atoms with Crippen LogP contribution in [0.25, 0.3) is 0 Å². The number of carbonyl (C=O) groups excluding carboxylic acids is 2. The van der Waals surface area contributed by atoms with E-state index in [4.69, 9.17) is 16.3 Å². The molecule has 1 aliphatic heterocycles. The lowest BCUT2D eigenvalue weighted by atomic mass is 9.99. The number of carbonyl (C=O) groups is 2. The molecule has 0 amide bonds. The van der Waals surface area contributed by atoms with Crippen LogP contribution in [-0.4, -0.2) is 23.4 Å². The first-order chi connectivity index (χ1) is 12.1. The van der Waals surface area contributed by atoms with Crippen molar-refractivity contribution in [3.05, 3.63) is 57.9 Å². The molecule has 4 nitrogen and oxygen atoms in total. The molecule has 0 saturated carbocycles. The molecule has 2 aromatic rings. The van der Waals surface area contributed by atoms with Gasteiger partial charge in [-0.2, -0.15) is 0 Å². The second kappa shape index (κ2) is 7.44. The van der Waals surface area contributed by atoms with Gasteiger partial charge in [-0.25, -0.2) is 0 Å². The van der Waals surface area contributed by atoms with E-state index < -0.39 is 5.92 Å². The van der Waals surface area contributed by atoms with E-state index in [1.807, 2.05) is 34.9 Å². The van der Waals surface area contributed by atoms with Gasteiger partial charge in [-0.15, -0.1) is 0 Å². The molecule has 1 unspecified atom stereocenters. The molecular formula is C20H22ClNO3. The van der Waals surface area contributed by atoms with Gasteiger partial charge in [0.1, 0.15) is 5.92 Å². The van der Waals surface area contributed by atoms with E-state index >= 15 is 0 Å². The van der Waals surface area contributed by atoms with Crippen molar-refractivity contribution in [3.63, 3.8) is 0 Å². The van der Waals surface area contributed by atoms with Gasteiger partial charge in [0.15, 0.2) is 0 Å². The molecule has 0 N–H and O–H groups in total. The zero-order chi connectivity index (χ0) is 18.0. The van der Waals surface area contributed by atoms with E-state index in [2.05, 4.69) is 6.92 Å². The highest BCUT2D eigenvalue weighted by Gasteiger charge is 2.38. The summed E-state index contributed by atoms with van der Waals surface area (Å²) in [6.45, 7) is 2.71. The van der Waals surface area contributed by atoms with Crippen LogP contribution in [-0.2, 0) is 22.5 Å². The normalized spacial score (nSPS) is 15.9. The molecule has 0 radical (unpaired) electrons. The summed E-state index contributed by atoms with van der Waals surface area (Å²) in [6, 6.07) is 9.22. The molecule has 2 heterocycles. The van der Waals surface area contributed by atoms with Crippen LogP contribution in [0.5, 0.6) is 0 Å². The average Bonchev–Trinajstić information content (AvgIpc) is 3.18. The highest BCUT2D eigenvalue weighted by Crippen LogP contribution is 2.41. The van der Waals surface area contributed by atoms with Gasteiger partial charge in [-0.1, -0.05) is 55.3 Å². The van der Waals surface area contributed by atoms with Crippen LogP contribution in [0.15, 0.2) is 30.3 Å². The first-order valence-electron chi connectivity index (χ1n) is 8.68. The fourth-order valence-electron chi connectivity index (χ4n) is 3.57. The van der Waals surface area contributed by atoms with Crippen LogP contribution < -0.4 is 0 Å². The Labute approximate surface area is 152 Å². The Morgan fingerprint density at radius 3 is 2.64 bits per heavy atom. The van der Waals surface area contributed by atoms with E-state index in [1.165, 1.54) is 7.11 Å². The molecule has 3 rings (SSSR count). The Balaban J connectivity index is 2.12. The second-order valence-electron chi connectivity index (χ2n) is 6.34. The monoisotopic (exact) mass is 359 g/mol. The Kier molecular flexibility index (Phi) is 5.28. The van der Waals surface area contributed by atoms with Crippen molar-refractivity contribution in [1.29, 1.82) is 0 Å². The third-order valence-electron chi connectivity index (χ3n) is 4.82. The first kappa shape index (κ1) is 17.7. The molecule has 1 aliphatic rings. The topological polar surface area (TPSA) is 48.3 Å². The third kappa shape index (κ3) is 3.11. The fraction of sp³-hybridized carbons (Fsp3) is 0.400. The fourth-order valence-corrected chi connectivity index (χ4v) is 3.99. The molecule has 132 valence electrons. The summed E-state index contributed by atoms with van der Waals surface area (Å²) in [5.41, 5.74) is 2.87. The number of hydrogen-bond donors (Lipinski definition) is 0. The van der Waals surface area contributed by atoms with Crippen molar-refractivity contribution < 1.29 is 14.3 Å². The summed E-state index contributed by atoms with van der Waals surface area (Å²) in [5.74, 6) is -0.723. The van der Waals surface area contributed by atoms with Crippen LogP contribution in [0.2, 0.25) is 5.02 Å². The number of unbranched alkanes of at least 4 members (excludes halogenated alkanes) is 1. The molecule has 5 heteroatoms. The van der Waals surface area contributed by atoms with Crippen LogP contribution in [0, 0.1) is 0 Å². The van der Waals surface area contributed by atoms with Crippen LogP contribution in [0.1, 0.15) is 59.4 Å². The van der Waals surface area contributed by atoms with E-state index in [1.54, 1.807) is 0 Å². The summed E-state index contributed by atoms with van der Waals surface area (Å²) in [7, 11) is 1.38. The first-order valence-corrected chi connectivity index (χ1v) is 9.06. The van der Waals surface area contributed by atoms with Gasteiger partial charge < -0.3 is 9.30 Å². The van der Waals surface area contributed by atoms with Crippen molar-refractivity contribution in [1.82, 2.24) is 4.57 Å². The smallest absolute Gasteiger partial charge is 0.314 e. The minimum atomic E-state index is -0.393. The van der Waals surface area contributed by atoms with Crippen molar-refractivity contribution in [3.8, 4) is 0 Å². The standard InChI is InChI=1S/C20H22ClNO3/c1-3-4-10-14-16(21)17-15(20(24)25-2)11-12-22(17)18(14)19(23)13-8-6-5-7-9-13/h5-9,15H,3-4,10-12H2,1-2H3. The number of aromatic nitrogens is 1. The SMILES string of the molecule is CCCCc1c(Cl)c2n(c1C(=O)c1ccccc1)CCC2C(=O)OC.